The first kappa shape index (κ1) is 61.3. The van der Waals surface area contributed by atoms with Gasteiger partial charge in [-0.3, -0.25) is 19.3 Å². The van der Waals surface area contributed by atoms with Gasteiger partial charge in [-0.05, 0) is 157 Å². The largest absolute Gasteiger partial charge is 0.479 e. The Balaban J connectivity index is 0.000000182. The molecule has 0 amide bonds. The van der Waals surface area contributed by atoms with Gasteiger partial charge in [0.25, 0.3) is 0 Å². The van der Waals surface area contributed by atoms with Gasteiger partial charge in [-0.2, -0.15) is 10.2 Å². The van der Waals surface area contributed by atoms with Gasteiger partial charge in [0.15, 0.2) is 23.8 Å². The molecule has 14 nitrogen and oxygen atoms in total. The number of aliphatic carboxylic acids is 1. The van der Waals surface area contributed by atoms with E-state index in [0.29, 0.717) is 75.9 Å². The van der Waals surface area contributed by atoms with Crippen LogP contribution < -0.4 is 0 Å². The van der Waals surface area contributed by atoms with Gasteiger partial charge in [-0.25, -0.2) is 28.3 Å². The fraction of sp³-hybridized carbons (Fsp3) is 0.235. The first-order chi connectivity index (χ1) is 41.8. The Labute approximate surface area is 524 Å². The summed E-state index contributed by atoms with van der Waals surface area (Å²) in [6, 6.07) is 33.6. The molecule has 0 spiro atoms. The number of rotatable bonds is 13. The van der Waals surface area contributed by atoms with Gasteiger partial charge < -0.3 is 19.3 Å². The lowest BCUT2D eigenvalue weighted by Crippen LogP contribution is -2.29. The number of aryl methyl sites for hydroxylation is 4. The number of ether oxygens (including phenoxy) is 3. The molecule has 0 aliphatic carbocycles. The molecule has 6 aromatic carbocycles. The fourth-order valence-corrected chi connectivity index (χ4v) is 13.2. The number of nitrogens with zero attached hydrogens (tertiary/aromatic N) is 8. The molecule has 88 heavy (non-hydrogen) atoms. The van der Waals surface area contributed by atoms with Gasteiger partial charge in [0, 0.05) is 79.4 Å². The van der Waals surface area contributed by atoms with Crippen LogP contribution in [0.4, 0.5) is 8.78 Å². The number of benzene rings is 6. The van der Waals surface area contributed by atoms with Crippen molar-refractivity contribution in [3.63, 3.8) is 0 Å². The molecule has 0 radical (unpaired) electrons. The van der Waals surface area contributed by atoms with Crippen LogP contribution in [-0.2, 0) is 37.9 Å². The van der Waals surface area contributed by atoms with Gasteiger partial charge in [0.1, 0.15) is 10.0 Å². The zero-order valence-electron chi connectivity index (χ0n) is 50.0. The lowest BCUT2D eigenvalue weighted by Gasteiger charge is -2.29. The van der Waals surface area contributed by atoms with Crippen molar-refractivity contribution in [3.05, 3.63) is 178 Å². The number of aromatic nitrogens is 8. The summed E-state index contributed by atoms with van der Waals surface area (Å²) >= 11 is 15.1. The molecule has 20 heteroatoms. The van der Waals surface area contributed by atoms with E-state index < -0.39 is 47.0 Å². The number of hydrogen-bond acceptors (Lipinski definition) is 13. The Morgan fingerprint density at radius 1 is 0.580 bits per heavy atom. The number of carbonyl (C=O) groups is 2. The third-order valence-corrected chi connectivity index (χ3v) is 17.3. The lowest BCUT2D eigenvalue weighted by molar-refractivity contribution is -0.166. The van der Waals surface area contributed by atoms with E-state index in [1.54, 1.807) is 65.1 Å². The number of hydrogen-bond donors (Lipinski definition) is 1. The van der Waals surface area contributed by atoms with E-state index in [1.807, 2.05) is 142 Å². The lowest BCUT2D eigenvalue weighted by atomic mass is 9.91. The zero-order chi connectivity index (χ0) is 62.7. The van der Waals surface area contributed by atoms with Gasteiger partial charge >= 0.3 is 11.9 Å². The molecule has 448 valence electrons. The van der Waals surface area contributed by atoms with E-state index in [2.05, 4.69) is 20.2 Å². The third-order valence-electron chi connectivity index (χ3n) is 14.6. The minimum atomic E-state index is -1.24. The number of carboxylic acids is 1. The van der Waals surface area contributed by atoms with Gasteiger partial charge in [-0.1, -0.05) is 59.6 Å². The molecule has 2 atom stereocenters. The molecule has 0 aliphatic rings. The second-order valence-corrected chi connectivity index (χ2v) is 26.1. The molecule has 0 saturated heterocycles. The Hall–Kier alpha value is -8.36. The van der Waals surface area contributed by atoms with Crippen LogP contribution in [0.5, 0.6) is 0 Å². The summed E-state index contributed by atoms with van der Waals surface area (Å²) in [5.74, 6) is -2.57. The van der Waals surface area contributed by atoms with Crippen LogP contribution in [0, 0.1) is 25.5 Å². The van der Waals surface area contributed by atoms with Crippen LogP contribution in [0.15, 0.2) is 134 Å². The standard InChI is InChI=1S/C35H32ClFN4O3S.C33H28ClFN4O3S/c1-7-43-34(42)31(44-35(3,4)5)29-19(2)14-27-32(30(29)20-8-11-23(36)12-9-20)45-33(40-27)24-16-26(38-18-25(24)37)21-10-13-28-22(15-21)17-39-41(28)6;1-17-12-25-30(28(18-6-9-21(34)10-7-18)27(17)29(32(40)41)42-33(2,3)4)43-31(38-25)22-14-24(36-16-23(22)35)19-8-11-26-20(13-19)15-37-39(26)5/h8-18,31H,7H2,1-6H3;6-16,29H,1-5H3,(H,40,41)/t31-;29-/m00/s1. The van der Waals surface area contributed by atoms with Crippen molar-refractivity contribution in [1.82, 2.24) is 39.5 Å². The summed E-state index contributed by atoms with van der Waals surface area (Å²) in [5.41, 5.74) is 11.1. The van der Waals surface area contributed by atoms with Crippen molar-refractivity contribution in [2.75, 3.05) is 6.61 Å². The first-order valence-electron chi connectivity index (χ1n) is 28.1. The van der Waals surface area contributed by atoms with Crippen LogP contribution in [0.1, 0.15) is 82.9 Å². The molecule has 12 aromatic rings. The highest BCUT2D eigenvalue weighted by atomic mass is 35.5. The predicted octanol–water partition coefficient (Wildman–Crippen LogP) is 17.7. The number of fused-ring (bicyclic) bond motifs is 4. The highest BCUT2D eigenvalue weighted by Gasteiger charge is 2.35. The molecule has 6 heterocycles. The third kappa shape index (κ3) is 12.5. The quantitative estimate of drug-likeness (QED) is 0.109. The maximum absolute atomic E-state index is 15.5. The SMILES string of the molecule is CCOC(=O)[C@@H](OC(C)(C)C)c1c(C)cc2nc(-c3cc(-c4ccc5c(cnn5C)c4)ncc3F)sc2c1-c1ccc(Cl)cc1.Cc1cc2nc(-c3cc(-c4ccc5c(cnn5C)c4)ncc3F)sc2c(-c2ccc(Cl)cc2)c1[C@H](OC(C)(C)C)C(=O)O. The van der Waals surface area contributed by atoms with Gasteiger partial charge in [0.05, 0.1) is 85.5 Å². The summed E-state index contributed by atoms with van der Waals surface area (Å²) in [6.07, 6.45) is 3.77. The Kier molecular flexibility index (Phi) is 16.9. The average molecular weight is 1260 g/mol. The van der Waals surface area contributed by atoms with E-state index in [9.17, 15) is 14.7 Å². The Morgan fingerprint density at radius 3 is 1.38 bits per heavy atom. The van der Waals surface area contributed by atoms with Crippen LogP contribution >= 0.6 is 45.9 Å². The Bertz CT molecular complexity index is 4680. The molecular formula is C68H60Cl2F2N8O6S2. The highest BCUT2D eigenvalue weighted by molar-refractivity contribution is 7.22. The summed E-state index contributed by atoms with van der Waals surface area (Å²) in [4.78, 5) is 44.5. The van der Waals surface area contributed by atoms with Crippen molar-refractivity contribution in [2.45, 2.75) is 85.7 Å². The maximum atomic E-state index is 15.5. The molecule has 0 fully saturated rings. The average Bonchev–Trinajstić information content (AvgIpc) is 1.54. The second-order valence-electron chi connectivity index (χ2n) is 23.2. The minimum Gasteiger partial charge on any atom is -0.479 e. The van der Waals surface area contributed by atoms with Gasteiger partial charge in [0.2, 0.25) is 0 Å². The molecule has 0 saturated carbocycles. The van der Waals surface area contributed by atoms with Gasteiger partial charge in [-0.15, -0.1) is 22.7 Å². The number of carbonyl (C=O) groups excluding carboxylic acids is 1. The normalized spacial score (nSPS) is 12.7. The number of pyridine rings is 2. The molecule has 12 rings (SSSR count). The number of carboxylic acid groups (broad SMARTS) is 1. The minimum absolute atomic E-state index is 0.211. The van der Waals surface area contributed by atoms with E-state index >= 15 is 8.78 Å². The van der Waals surface area contributed by atoms with E-state index in [0.717, 1.165) is 64.6 Å². The van der Waals surface area contributed by atoms with E-state index in [-0.39, 0.29) is 6.61 Å². The topological polar surface area (TPSA) is 169 Å². The van der Waals surface area contributed by atoms with Crippen molar-refractivity contribution >= 4 is 100 Å². The smallest absolute Gasteiger partial charge is 0.339 e. The second kappa shape index (κ2) is 24.3. The van der Waals surface area contributed by atoms with Crippen LogP contribution in [-0.4, -0.2) is 74.4 Å². The van der Waals surface area contributed by atoms with Crippen molar-refractivity contribution in [2.24, 2.45) is 14.1 Å². The Morgan fingerprint density at radius 2 is 0.977 bits per heavy atom. The van der Waals surface area contributed by atoms with Crippen molar-refractivity contribution in [1.29, 1.82) is 0 Å². The van der Waals surface area contributed by atoms with Crippen molar-refractivity contribution < 1.29 is 37.7 Å². The fourth-order valence-electron chi connectivity index (χ4n) is 10.7. The summed E-state index contributed by atoms with van der Waals surface area (Å²) in [7, 11) is 3.77. The summed E-state index contributed by atoms with van der Waals surface area (Å²) < 4.78 is 53.9. The molecule has 1 N–H and O–H groups in total. The first-order valence-corrected chi connectivity index (χ1v) is 30.5. The zero-order valence-corrected chi connectivity index (χ0v) is 53.1. The number of esters is 1. The molecule has 0 aliphatic heterocycles. The van der Waals surface area contributed by atoms with Crippen LogP contribution in [0.2, 0.25) is 10.0 Å². The maximum Gasteiger partial charge on any atom is 0.339 e. The monoisotopic (exact) mass is 1260 g/mol. The van der Waals surface area contributed by atoms with E-state index in [4.69, 9.17) is 47.4 Å². The molecule has 6 aromatic heterocycles. The summed E-state index contributed by atoms with van der Waals surface area (Å²) in [6.45, 7) is 16.9. The molecule has 0 bridgehead atoms. The highest BCUT2D eigenvalue weighted by Crippen LogP contribution is 2.48. The van der Waals surface area contributed by atoms with E-state index in [1.165, 1.54) is 35.1 Å². The molecular weight excluding hydrogens is 1200 g/mol. The predicted molar refractivity (Wildman–Crippen MR) is 347 cm³/mol. The van der Waals surface area contributed by atoms with Crippen LogP contribution in [0.25, 0.3) is 108 Å². The molecule has 0 unspecified atom stereocenters. The summed E-state index contributed by atoms with van der Waals surface area (Å²) in [5, 5.41) is 22.9. The number of thiazole rings is 2. The number of halogens is 4. The van der Waals surface area contributed by atoms with Crippen LogP contribution in [0.3, 0.4) is 0 Å². The van der Waals surface area contributed by atoms with Crippen molar-refractivity contribution in [3.8, 4) is 65.9 Å².